The molecule has 10 heteroatoms. The zero-order chi connectivity index (χ0) is 24.2. The Bertz CT molecular complexity index is 1070. The third-order valence-corrected chi connectivity index (χ3v) is 7.64. The van der Waals surface area contributed by atoms with E-state index >= 15 is 0 Å². The summed E-state index contributed by atoms with van der Waals surface area (Å²) < 4.78 is 13.1. The molecular formula is C25H37N7O3. The minimum absolute atomic E-state index is 0.183. The molecule has 5 heterocycles. The van der Waals surface area contributed by atoms with Crippen molar-refractivity contribution in [2.75, 3.05) is 23.8 Å². The Morgan fingerprint density at radius 3 is 2.37 bits per heavy atom. The van der Waals surface area contributed by atoms with E-state index in [-0.39, 0.29) is 24.2 Å². The normalized spacial score (nSPS) is 27.3. The molecule has 6 rings (SSSR count). The lowest BCUT2D eigenvalue weighted by atomic mass is 9.98. The molecule has 35 heavy (non-hydrogen) atoms. The van der Waals surface area contributed by atoms with Gasteiger partial charge in [-0.2, -0.15) is 19.6 Å². The van der Waals surface area contributed by atoms with Crippen LogP contribution in [0.2, 0.25) is 0 Å². The molecule has 2 bridgehead atoms. The second kappa shape index (κ2) is 8.80. The Kier molecular flexibility index (Phi) is 5.74. The number of rotatable bonds is 5. The van der Waals surface area contributed by atoms with Crippen molar-refractivity contribution in [3.05, 3.63) is 11.8 Å². The predicted molar refractivity (Wildman–Crippen MR) is 132 cm³/mol. The summed E-state index contributed by atoms with van der Waals surface area (Å²) in [6.45, 7) is 7.31. The zero-order valence-corrected chi connectivity index (χ0v) is 21.0. The van der Waals surface area contributed by atoms with E-state index < -0.39 is 5.60 Å². The van der Waals surface area contributed by atoms with Gasteiger partial charge in [0.1, 0.15) is 5.60 Å². The average Bonchev–Trinajstić information content (AvgIpc) is 3.49. The number of amides is 1. The lowest BCUT2D eigenvalue weighted by Crippen LogP contribution is -2.51. The molecule has 4 fully saturated rings. The maximum absolute atomic E-state index is 12.9. The smallest absolute Gasteiger partial charge is 0.410 e. The van der Waals surface area contributed by atoms with E-state index in [2.05, 4.69) is 15.7 Å². The maximum Gasteiger partial charge on any atom is 0.410 e. The molecule has 2 atom stereocenters. The third-order valence-electron chi connectivity index (χ3n) is 7.64. The van der Waals surface area contributed by atoms with Crippen LogP contribution in [0.4, 0.5) is 16.7 Å². The molecule has 10 nitrogen and oxygen atoms in total. The van der Waals surface area contributed by atoms with E-state index in [0.29, 0.717) is 17.9 Å². The fourth-order valence-corrected chi connectivity index (χ4v) is 5.85. The van der Waals surface area contributed by atoms with Crippen molar-refractivity contribution in [3.63, 3.8) is 0 Å². The van der Waals surface area contributed by atoms with Crippen LogP contribution in [0.5, 0.6) is 0 Å². The second-order valence-electron chi connectivity index (χ2n) is 11.6. The highest BCUT2D eigenvalue weighted by molar-refractivity contribution is 5.70. The average molecular weight is 484 g/mol. The molecule has 3 aliphatic heterocycles. The number of aromatic nitrogens is 4. The van der Waals surface area contributed by atoms with Crippen molar-refractivity contribution in [1.82, 2.24) is 24.5 Å². The van der Waals surface area contributed by atoms with Gasteiger partial charge in [-0.3, -0.25) is 0 Å². The van der Waals surface area contributed by atoms with Crippen molar-refractivity contribution in [3.8, 4) is 0 Å². The molecule has 190 valence electrons. The standard InChI is InChI=1S/C25H37N7O3/c1-25(2,3)35-24(33)31-18-6-7-19(31)13-17(12-18)28-23-30-22(27-16-8-10-34-11-9-16)29-21-20(15-4-5-15)14-26-32(21)23/h14-19H,4-13H2,1-3H3,(H2,27,28,29,30). The van der Waals surface area contributed by atoms with Gasteiger partial charge in [-0.15, -0.1) is 0 Å². The van der Waals surface area contributed by atoms with Gasteiger partial charge in [-0.1, -0.05) is 0 Å². The van der Waals surface area contributed by atoms with Gasteiger partial charge in [0, 0.05) is 42.9 Å². The van der Waals surface area contributed by atoms with E-state index in [4.69, 9.17) is 19.4 Å². The Balaban J connectivity index is 1.22. The summed E-state index contributed by atoms with van der Waals surface area (Å²) in [5, 5.41) is 11.9. The van der Waals surface area contributed by atoms with E-state index in [9.17, 15) is 4.79 Å². The Morgan fingerprint density at radius 1 is 1.00 bits per heavy atom. The van der Waals surface area contributed by atoms with Gasteiger partial charge in [-0.05, 0) is 78.1 Å². The SMILES string of the molecule is CC(C)(C)OC(=O)N1C2CCC1CC(Nc1nc(NC3CCOCC3)nc3c(C4CC4)cnn13)C2. The summed E-state index contributed by atoms with van der Waals surface area (Å²) in [6, 6.07) is 0.920. The fourth-order valence-electron chi connectivity index (χ4n) is 5.85. The number of carbonyl (C=O) groups excluding carboxylic acids is 1. The molecule has 1 aliphatic carbocycles. The highest BCUT2D eigenvalue weighted by Gasteiger charge is 2.45. The summed E-state index contributed by atoms with van der Waals surface area (Å²) in [6.07, 6.45) is 9.87. The molecule has 2 unspecified atom stereocenters. The number of nitrogens with one attached hydrogen (secondary N) is 2. The van der Waals surface area contributed by atoms with Gasteiger partial charge in [0.15, 0.2) is 5.65 Å². The van der Waals surface area contributed by atoms with Crippen LogP contribution in [0.1, 0.15) is 83.6 Å². The molecule has 2 N–H and O–H groups in total. The lowest BCUT2D eigenvalue weighted by molar-refractivity contribution is 0.00681. The summed E-state index contributed by atoms with van der Waals surface area (Å²) >= 11 is 0. The van der Waals surface area contributed by atoms with Crippen molar-refractivity contribution in [2.45, 2.75) is 108 Å². The molecule has 2 aromatic heterocycles. The van der Waals surface area contributed by atoms with Gasteiger partial charge < -0.3 is 25.0 Å². The van der Waals surface area contributed by atoms with Crippen LogP contribution in [-0.4, -0.2) is 73.6 Å². The number of hydrogen-bond acceptors (Lipinski definition) is 8. The minimum atomic E-state index is -0.481. The Morgan fingerprint density at radius 2 is 1.71 bits per heavy atom. The molecule has 4 aliphatic rings. The van der Waals surface area contributed by atoms with Gasteiger partial charge in [0.05, 0.1) is 6.20 Å². The molecule has 0 radical (unpaired) electrons. The molecule has 0 spiro atoms. The fraction of sp³-hybridized carbons (Fsp3) is 0.760. The van der Waals surface area contributed by atoms with Crippen LogP contribution in [0.25, 0.3) is 5.65 Å². The third kappa shape index (κ3) is 4.77. The lowest BCUT2D eigenvalue weighted by Gasteiger charge is -2.39. The van der Waals surface area contributed by atoms with Crippen molar-refractivity contribution >= 4 is 23.6 Å². The summed E-state index contributed by atoms with van der Waals surface area (Å²) in [5.41, 5.74) is 1.63. The summed E-state index contributed by atoms with van der Waals surface area (Å²) in [5.74, 6) is 1.94. The number of carbonyl (C=O) groups is 1. The summed E-state index contributed by atoms with van der Waals surface area (Å²) in [7, 11) is 0. The van der Waals surface area contributed by atoms with Crippen LogP contribution in [0.3, 0.4) is 0 Å². The highest BCUT2D eigenvalue weighted by atomic mass is 16.6. The van der Waals surface area contributed by atoms with Gasteiger partial charge >= 0.3 is 6.09 Å². The largest absolute Gasteiger partial charge is 0.444 e. The topological polar surface area (TPSA) is 106 Å². The number of hydrogen-bond donors (Lipinski definition) is 2. The molecule has 1 saturated carbocycles. The molecule has 0 aromatic carbocycles. The van der Waals surface area contributed by atoms with E-state index in [1.165, 1.54) is 18.4 Å². The maximum atomic E-state index is 12.9. The van der Waals surface area contributed by atoms with Gasteiger partial charge in [-0.25, -0.2) is 4.79 Å². The number of fused-ring (bicyclic) bond motifs is 3. The van der Waals surface area contributed by atoms with Crippen LogP contribution >= 0.6 is 0 Å². The quantitative estimate of drug-likeness (QED) is 0.659. The molecule has 3 saturated heterocycles. The summed E-state index contributed by atoms with van der Waals surface area (Å²) in [4.78, 5) is 24.6. The molecular weight excluding hydrogens is 446 g/mol. The monoisotopic (exact) mass is 483 g/mol. The van der Waals surface area contributed by atoms with Crippen molar-refractivity contribution in [2.24, 2.45) is 0 Å². The van der Waals surface area contributed by atoms with E-state index in [1.54, 1.807) is 0 Å². The van der Waals surface area contributed by atoms with Gasteiger partial charge in [0.25, 0.3) is 0 Å². The second-order valence-corrected chi connectivity index (χ2v) is 11.6. The predicted octanol–water partition coefficient (Wildman–Crippen LogP) is 3.94. The molecule has 2 aromatic rings. The number of piperidine rings is 1. The Labute approximate surface area is 206 Å². The van der Waals surface area contributed by atoms with Crippen LogP contribution in [0, 0.1) is 0 Å². The first-order valence-electron chi connectivity index (χ1n) is 13.2. The van der Waals surface area contributed by atoms with Gasteiger partial charge in [0.2, 0.25) is 11.9 Å². The Hall–Kier alpha value is -2.62. The minimum Gasteiger partial charge on any atom is -0.444 e. The first-order chi connectivity index (χ1) is 16.8. The number of ether oxygens (including phenoxy) is 2. The van der Waals surface area contributed by atoms with Crippen LogP contribution < -0.4 is 10.6 Å². The molecule has 1 amide bonds. The van der Waals surface area contributed by atoms with E-state index in [0.717, 1.165) is 63.3 Å². The number of anilines is 2. The first-order valence-corrected chi connectivity index (χ1v) is 13.2. The van der Waals surface area contributed by atoms with Crippen LogP contribution in [-0.2, 0) is 9.47 Å². The first kappa shape index (κ1) is 22.8. The van der Waals surface area contributed by atoms with Crippen molar-refractivity contribution in [1.29, 1.82) is 0 Å². The van der Waals surface area contributed by atoms with Crippen LogP contribution in [0.15, 0.2) is 6.20 Å². The zero-order valence-electron chi connectivity index (χ0n) is 21.0. The highest BCUT2D eigenvalue weighted by Crippen LogP contribution is 2.42. The van der Waals surface area contributed by atoms with Crippen molar-refractivity contribution < 1.29 is 14.3 Å². The van der Waals surface area contributed by atoms with E-state index in [1.807, 2.05) is 36.4 Å². The number of nitrogens with zero attached hydrogens (tertiary/aromatic N) is 5.